The number of rotatable bonds is 5. The van der Waals surface area contributed by atoms with Gasteiger partial charge in [0.05, 0.1) is 11.6 Å². The molecule has 0 aromatic heterocycles. The molecule has 0 fully saturated rings. The van der Waals surface area contributed by atoms with E-state index in [1.807, 2.05) is 37.3 Å². The van der Waals surface area contributed by atoms with Crippen LogP contribution in [0.4, 0.5) is 14.5 Å². The normalized spacial score (nSPS) is 12.0. The molecule has 1 unspecified atom stereocenters. The Morgan fingerprint density at radius 1 is 1.19 bits per heavy atom. The Kier molecular flexibility index (Phi) is 4.52. The molecule has 0 saturated carbocycles. The zero-order valence-electron chi connectivity index (χ0n) is 11.4. The average Bonchev–Trinajstić information content (AvgIpc) is 2.47. The minimum atomic E-state index is -1.37. The predicted molar refractivity (Wildman–Crippen MR) is 76.4 cm³/mol. The van der Waals surface area contributed by atoms with Gasteiger partial charge in [0.15, 0.2) is 0 Å². The molecule has 5 heteroatoms. The fourth-order valence-electron chi connectivity index (χ4n) is 2.12. The van der Waals surface area contributed by atoms with Crippen molar-refractivity contribution in [3.63, 3.8) is 0 Å². The second-order valence-electron chi connectivity index (χ2n) is 4.64. The molecule has 0 aliphatic heterocycles. The first kappa shape index (κ1) is 15.0. The minimum absolute atomic E-state index is 0.258. The fraction of sp³-hybridized carbons (Fsp3) is 0.188. The second kappa shape index (κ2) is 6.35. The zero-order chi connectivity index (χ0) is 15.4. The summed E-state index contributed by atoms with van der Waals surface area (Å²) in [4.78, 5) is 10.8. The van der Waals surface area contributed by atoms with Crippen molar-refractivity contribution in [1.29, 1.82) is 0 Å². The second-order valence-corrected chi connectivity index (χ2v) is 4.64. The largest absolute Gasteiger partial charge is 0.478 e. The monoisotopic (exact) mass is 291 g/mol. The first-order valence-corrected chi connectivity index (χ1v) is 6.56. The Morgan fingerprint density at radius 2 is 1.76 bits per heavy atom. The van der Waals surface area contributed by atoms with Crippen LogP contribution in [0.3, 0.4) is 0 Å². The van der Waals surface area contributed by atoms with E-state index in [0.717, 1.165) is 17.7 Å². The first-order chi connectivity index (χ1) is 10.0. The summed E-state index contributed by atoms with van der Waals surface area (Å²) >= 11 is 0. The Balaban J connectivity index is 2.32. The van der Waals surface area contributed by atoms with Crippen molar-refractivity contribution in [1.82, 2.24) is 0 Å². The number of nitrogens with one attached hydrogen (secondary N) is 1. The van der Waals surface area contributed by atoms with Crippen LogP contribution in [0.5, 0.6) is 0 Å². The molecule has 0 radical (unpaired) electrons. The van der Waals surface area contributed by atoms with E-state index in [1.165, 1.54) is 0 Å². The van der Waals surface area contributed by atoms with Crippen LogP contribution in [0.15, 0.2) is 42.5 Å². The van der Waals surface area contributed by atoms with Crippen molar-refractivity contribution >= 4 is 11.7 Å². The Hall–Kier alpha value is -2.43. The lowest BCUT2D eigenvalue weighted by Gasteiger charge is -2.19. The third-order valence-electron chi connectivity index (χ3n) is 3.22. The molecule has 2 aromatic carbocycles. The van der Waals surface area contributed by atoms with Crippen molar-refractivity contribution in [2.75, 3.05) is 5.32 Å². The first-order valence-electron chi connectivity index (χ1n) is 6.56. The van der Waals surface area contributed by atoms with Crippen LogP contribution in [0.1, 0.15) is 35.3 Å². The molecular formula is C16H15F2NO2. The SMILES string of the molecule is CCC(Nc1c(F)cc(C(=O)O)cc1F)c1ccccc1. The number of carboxylic acid groups (broad SMARTS) is 1. The summed E-state index contributed by atoms with van der Waals surface area (Å²) < 4.78 is 27.8. The van der Waals surface area contributed by atoms with Gasteiger partial charge in [0.1, 0.15) is 17.3 Å². The summed E-state index contributed by atoms with van der Waals surface area (Å²) in [5.41, 5.74) is 0.181. The van der Waals surface area contributed by atoms with Gasteiger partial charge < -0.3 is 10.4 Å². The predicted octanol–water partition coefficient (Wildman–Crippen LogP) is 4.23. The molecule has 0 aliphatic carbocycles. The molecule has 2 N–H and O–H groups in total. The van der Waals surface area contributed by atoms with Gasteiger partial charge in [-0.25, -0.2) is 13.6 Å². The smallest absolute Gasteiger partial charge is 0.335 e. The van der Waals surface area contributed by atoms with E-state index in [-0.39, 0.29) is 11.7 Å². The van der Waals surface area contributed by atoms with Gasteiger partial charge in [-0.05, 0) is 24.1 Å². The topological polar surface area (TPSA) is 49.3 Å². The molecule has 3 nitrogen and oxygen atoms in total. The molecule has 0 saturated heterocycles. The van der Waals surface area contributed by atoms with Crippen molar-refractivity contribution in [3.8, 4) is 0 Å². The fourth-order valence-corrected chi connectivity index (χ4v) is 2.12. The third kappa shape index (κ3) is 3.37. The molecule has 21 heavy (non-hydrogen) atoms. The van der Waals surface area contributed by atoms with Crippen molar-refractivity contribution in [2.24, 2.45) is 0 Å². The van der Waals surface area contributed by atoms with Crippen molar-refractivity contribution in [3.05, 3.63) is 65.2 Å². The van der Waals surface area contributed by atoms with Crippen LogP contribution in [0.2, 0.25) is 0 Å². The quantitative estimate of drug-likeness (QED) is 0.867. The number of hydrogen-bond acceptors (Lipinski definition) is 2. The minimum Gasteiger partial charge on any atom is -0.478 e. The van der Waals surface area contributed by atoms with E-state index in [1.54, 1.807) is 0 Å². The van der Waals surface area contributed by atoms with Crippen LogP contribution in [0.25, 0.3) is 0 Å². The summed E-state index contributed by atoms with van der Waals surface area (Å²) in [5.74, 6) is -3.20. The van der Waals surface area contributed by atoms with Crippen LogP contribution < -0.4 is 5.32 Å². The van der Waals surface area contributed by atoms with Gasteiger partial charge in [-0.15, -0.1) is 0 Å². The van der Waals surface area contributed by atoms with Crippen molar-refractivity contribution in [2.45, 2.75) is 19.4 Å². The molecule has 0 amide bonds. The van der Waals surface area contributed by atoms with Gasteiger partial charge in [0.25, 0.3) is 0 Å². The molecule has 1 atom stereocenters. The van der Waals surface area contributed by atoms with Crippen LogP contribution >= 0.6 is 0 Å². The number of anilines is 1. The summed E-state index contributed by atoms with van der Waals surface area (Å²) in [6.45, 7) is 1.89. The van der Waals surface area contributed by atoms with E-state index in [4.69, 9.17) is 5.11 Å². The lowest BCUT2D eigenvalue weighted by Crippen LogP contribution is -2.13. The number of benzene rings is 2. The maximum absolute atomic E-state index is 13.9. The lowest BCUT2D eigenvalue weighted by atomic mass is 10.0. The maximum Gasteiger partial charge on any atom is 0.335 e. The third-order valence-corrected chi connectivity index (χ3v) is 3.22. The molecule has 0 aliphatic rings. The van der Waals surface area contributed by atoms with Crippen LogP contribution in [-0.2, 0) is 0 Å². The number of carbonyl (C=O) groups is 1. The molecular weight excluding hydrogens is 276 g/mol. The van der Waals surface area contributed by atoms with Gasteiger partial charge in [-0.3, -0.25) is 0 Å². The highest BCUT2D eigenvalue weighted by atomic mass is 19.1. The highest BCUT2D eigenvalue weighted by Gasteiger charge is 2.18. The van der Waals surface area contributed by atoms with E-state index >= 15 is 0 Å². The number of hydrogen-bond donors (Lipinski definition) is 2. The van der Waals surface area contributed by atoms with E-state index < -0.39 is 23.2 Å². The maximum atomic E-state index is 13.9. The lowest BCUT2D eigenvalue weighted by molar-refractivity contribution is 0.0696. The number of carboxylic acids is 1. The molecule has 2 rings (SSSR count). The van der Waals surface area contributed by atoms with Crippen LogP contribution in [0, 0.1) is 11.6 Å². The Morgan fingerprint density at radius 3 is 2.24 bits per heavy atom. The molecule has 2 aromatic rings. The van der Waals surface area contributed by atoms with Gasteiger partial charge >= 0.3 is 5.97 Å². The standard InChI is InChI=1S/C16H15F2NO2/c1-2-14(10-6-4-3-5-7-10)19-15-12(17)8-11(16(20)21)9-13(15)18/h3-9,14,19H,2H2,1H3,(H,20,21). The Bertz CT molecular complexity index is 621. The number of aromatic carboxylic acids is 1. The number of halogens is 2. The molecule has 0 bridgehead atoms. The van der Waals surface area contributed by atoms with Crippen molar-refractivity contribution < 1.29 is 18.7 Å². The van der Waals surface area contributed by atoms with Gasteiger partial charge in [0.2, 0.25) is 0 Å². The molecule has 0 spiro atoms. The van der Waals surface area contributed by atoms with E-state index in [2.05, 4.69) is 5.32 Å². The van der Waals surface area contributed by atoms with Gasteiger partial charge in [-0.2, -0.15) is 0 Å². The highest BCUT2D eigenvalue weighted by Crippen LogP contribution is 2.27. The summed E-state index contributed by atoms with van der Waals surface area (Å²) in [6.07, 6.45) is 0.629. The molecule has 110 valence electrons. The average molecular weight is 291 g/mol. The molecule has 0 heterocycles. The summed E-state index contributed by atoms with van der Waals surface area (Å²) in [7, 11) is 0. The summed E-state index contributed by atoms with van der Waals surface area (Å²) in [5, 5.41) is 11.6. The zero-order valence-corrected chi connectivity index (χ0v) is 11.4. The van der Waals surface area contributed by atoms with Gasteiger partial charge in [-0.1, -0.05) is 37.3 Å². The highest BCUT2D eigenvalue weighted by molar-refractivity contribution is 5.88. The van der Waals surface area contributed by atoms with E-state index in [0.29, 0.717) is 6.42 Å². The Labute approximate surface area is 121 Å². The van der Waals surface area contributed by atoms with Crippen LogP contribution in [-0.4, -0.2) is 11.1 Å². The summed E-state index contributed by atoms with van der Waals surface area (Å²) in [6, 6.07) is 10.6. The van der Waals surface area contributed by atoms with Gasteiger partial charge in [0, 0.05) is 0 Å². The van der Waals surface area contributed by atoms with E-state index in [9.17, 15) is 13.6 Å².